The van der Waals surface area contributed by atoms with Crippen LogP contribution in [0.4, 0.5) is 9.59 Å². The molecule has 5 atom stereocenters. The van der Waals surface area contributed by atoms with Crippen LogP contribution in [0.2, 0.25) is 0 Å². The standard InChI is InChI=1S/C29H42N4O7/c1-5-8-21(24(34)26(36)30-19-11-12-19)31-25(35)22-15-18(16-33(22)28(39)40-29(2,3)4)23-20-10-7-6-9-17(20)13-14-32(23)27(37)38/h6-7,9-10,18-19,21-24,34H,5,8,11-16H2,1-4H3,(H,30,36)(H,31,35)(H,37,38). The highest BCUT2D eigenvalue weighted by molar-refractivity contribution is 5.88. The third-order valence-electron chi connectivity index (χ3n) is 7.79. The number of carbonyl (C=O) groups excluding carboxylic acids is 3. The molecule has 3 aliphatic rings. The van der Waals surface area contributed by atoms with Crippen LogP contribution in [-0.4, -0.2) is 86.9 Å². The van der Waals surface area contributed by atoms with Crippen LogP contribution in [0.3, 0.4) is 0 Å². The number of carbonyl (C=O) groups is 4. The maximum absolute atomic E-state index is 13.7. The van der Waals surface area contributed by atoms with Gasteiger partial charge in [-0.3, -0.25) is 14.5 Å². The van der Waals surface area contributed by atoms with E-state index in [1.807, 2.05) is 31.2 Å². The van der Waals surface area contributed by atoms with Crippen LogP contribution >= 0.6 is 0 Å². The van der Waals surface area contributed by atoms with Crippen LogP contribution in [0.15, 0.2) is 24.3 Å². The van der Waals surface area contributed by atoms with Crippen molar-refractivity contribution >= 4 is 24.0 Å². The first-order valence-corrected chi connectivity index (χ1v) is 14.3. The molecule has 0 aromatic heterocycles. The molecule has 0 radical (unpaired) electrons. The van der Waals surface area contributed by atoms with Crippen molar-refractivity contribution in [2.45, 2.75) is 102 Å². The Hall–Kier alpha value is -3.34. The van der Waals surface area contributed by atoms with Gasteiger partial charge < -0.3 is 30.5 Å². The number of aliphatic hydroxyl groups excluding tert-OH is 1. The molecule has 2 aliphatic heterocycles. The van der Waals surface area contributed by atoms with Gasteiger partial charge in [0.2, 0.25) is 5.91 Å². The van der Waals surface area contributed by atoms with Gasteiger partial charge in [0.1, 0.15) is 11.6 Å². The second-order valence-corrected chi connectivity index (χ2v) is 12.1. The van der Waals surface area contributed by atoms with Gasteiger partial charge in [-0.1, -0.05) is 37.6 Å². The molecule has 11 nitrogen and oxygen atoms in total. The monoisotopic (exact) mass is 558 g/mol. The average molecular weight is 559 g/mol. The molecule has 40 heavy (non-hydrogen) atoms. The lowest BCUT2D eigenvalue weighted by Gasteiger charge is -2.38. The summed E-state index contributed by atoms with van der Waals surface area (Å²) >= 11 is 0. The van der Waals surface area contributed by atoms with Gasteiger partial charge in [0, 0.05) is 25.0 Å². The van der Waals surface area contributed by atoms with E-state index in [4.69, 9.17) is 4.74 Å². The van der Waals surface area contributed by atoms with E-state index in [1.165, 1.54) is 9.80 Å². The molecule has 220 valence electrons. The Morgan fingerprint density at radius 3 is 2.45 bits per heavy atom. The van der Waals surface area contributed by atoms with Gasteiger partial charge in [-0.2, -0.15) is 0 Å². The van der Waals surface area contributed by atoms with Crippen LogP contribution in [0, 0.1) is 5.92 Å². The fourth-order valence-corrected chi connectivity index (χ4v) is 5.79. The van der Waals surface area contributed by atoms with Crippen molar-refractivity contribution in [3.8, 4) is 0 Å². The summed E-state index contributed by atoms with van der Waals surface area (Å²) in [5.74, 6) is -1.39. The Kier molecular flexibility index (Phi) is 8.92. The van der Waals surface area contributed by atoms with Gasteiger partial charge in [-0.25, -0.2) is 9.59 Å². The summed E-state index contributed by atoms with van der Waals surface area (Å²) in [7, 11) is 0. The highest BCUT2D eigenvalue weighted by atomic mass is 16.6. The highest BCUT2D eigenvalue weighted by Gasteiger charge is 2.48. The fraction of sp³-hybridized carbons (Fsp3) is 0.655. The second kappa shape index (κ2) is 12.0. The van der Waals surface area contributed by atoms with Crippen LogP contribution in [0.1, 0.15) is 77.0 Å². The van der Waals surface area contributed by atoms with Gasteiger partial charge in [-0.15, -0.1) is 0 Å². The molecule has 1 aromatic rings. The number of nitrogens with one attached hydrogen (secondary N) is 2. The molecule has 4 amide bonds. The molecule has 1 saturated heterocycles. The van der Waals surface area contributed by atoms with Gasteiger partial charge >= 0.3 is 12.2 Å². The van der Waals surface area contributed by atoms with Crippen molar-refractivity contribution in [1.29, 1.82) is 0 Å². The summed E-state index contributed by atoms with van der Waals surface area (Å²) in [6, 6.07) is 5.42. The molecule has 11 heteroatoms. The molecule has 2 heterocycles. The number of benzene rings is 1. The number of aliphatic hydroxyl groups is 1. The number of fused-ring (bicyclic) bond motifs is 1. The quantitative estimate of drug-likeness (QED) is 0.383. The predicted octanol–water partition coefficient (Wildman–Crippen LogP) is 2.81. The van der Waals surface area contributed by atoms with E-state index in [0.29, 0.717) is 25.8 Å². The van der Waals surface area contributed by atoms with E-state index >= 15 is 0 Å². The normalized spacial score (nSPS) is 24.1. The summed E-state index contributed by atoms with van der Waals surface area (Å²) in [6.45, 7) is 7.55. The third kappa shape index (κ3) is 6.86. The average Bonchev–Trinajstić information content (AvgIpc) is 3.59. The first kappa shape index (κ1) is 29.6. The first-order chi connectivity index (χ1) is 18.9. The zero-order valence-corrected chi connectivity index (χ0v) is 23.8. The molecule has 1 aliphatic carbocycles. The van der Waals surface area contributed by atoms with Crippen molar-refractivity contribution in [1.82, 2.24) is 20.4 Å². The van der Waals surface area contributed by atoms with Crippen molar-refractivity contribution in [3.05, 3.63) is 35.4 Å². The van der Waals surface area contributed by atoms with E-state index in [-0.39, 0.29) is 24.9 Å². The lowest BCUT2D eigenvalue weighted by atomic mass is 9.83. The van der Waals surface area contributed by atoms with Crippen LogP contribution in [0.25, 0.3) is 0 Å². The smallest absolute Gasteiger partial charge is 0.410 e. The number of rotatable bonds is 8. The lowest BCUT2D eigenvalue weighted by molar-refractivity contribution is -0.133. The number of hydrogen-bond donors (Lipinski definition) is 4. The molecule has 1 saturated carbocycles. The van der Waals surface area contributed by atoms with E-state index in [2.05, 4.69) is 10.6 Å². The maximum atomic E-state index is 13.7. The molecular formula is C29H42N4O7. The zero-order chi connectivity index (χ0) is 29.2. The van der Waals surface area contributed by atoms with E-state index in [0.717, 1.165) is 24.0 Å². The minimum atomic E-state index is -1.43. The molecule has 0 bridgehead atoms. The maximum Gasteiger partial charge on any atom is 0.410 e. The summed E-state index contributed by atoms with van der Waals surface area (Å²) < 4.78 is 5.63. The summed E-state index contributed by atoms with van der Waals surface area (Å²) in [4.78, 5) is 54.6. The Balaban J connectivity index is 1.60. The number of carboxylic acid groups (broad SMARTS) is 1. The third-order valence-corrected chi connectivity index (χ3v) is 7.79. The lowest BCUT2D eigenvalue weighted by Crippen LogP contribution is -2.55. The SMILES string of the molecule is CCCC(NC(=O)C1CC(C2c3ccccc3CCN2C(=O)O)CN1C(=O)OC(C)(C)C)C(O)C(=O)NC1CC1. The first-order valence-electron chi connectivity index (χ1n) is 14.3. The van der Waals surface area contributed by atoms with Gasteiger partial charge in [-0.05, 0) is 64.0 Å². The van der Waals surface area contributed by atoms with Crippen LogP contribution in [0.5, 0.6) is 0 Å². The number of ether oxygens (including phenoxy) is 1. The molecular weight excluding hydrogens is 516 g/mol. The van der Waals surface area contributed by atoms with Gasteiger partial charge in [0.25, 0.3) is 5.91 Å². The number of likely N-dealkylation sites (tertiary alicyclic amines) is 1. The topological polar surface area (TPSA) is 149 Å². The van der Waals surface area contributed by atoms with Crippen LogP contribution in [-0.2, 0) is 20.7 Å². The Labute approximate surface area is 235 Å². The van der Waals surface area contributed by atoms with E-state index in [1.54, 1.807) is 20.8 Å². The van der Waals surface area contributed by atoms with Gasteiger partial charge in [0.05, 0.1) is 12.1 Å². The van der Waals surface area contributed by atoms with E-state index < -0.39 is 53.8 Å². The molecule has 0 spiro atoms. The minimum Gasteiger partial charge on any atom is -0.465 e. The number of nitrogens with zero attached hydrogens (tertiary/aromatic N) is 2. The van der Waals surface area contributed by atoms with Gasteiger partial charge in [0.15, 0.2) is 6.10 Å². The Morgan fingerprint density at radius 2 is 1.82 bits per heavy atom. The molecule has 2 fully saturated rings. The zero-order valence-electron chi connectivity index (χ0n) is 23.8. The van der Waals surface area contributed by atoms with Crippen molar-refractivity contribution < 1.29 is 34.1 Å². The molecule has 4 rings (SSSR count). The molecule has 4 N–H and O–H groups in total. The minimum absolute atomic E-state index is 0.0638. The molecule has 1 aromatic carbocycles. The number of amides is 4. The Morgan fingerprint density at radius 1 is 1.12 bits per heavy atom. The van der Waals surface area contributed by atoms with E-state index in [9.17, 15) is 29.4 Å². The second-order valence-electron chi connectivity index (χ2n) is 12.1. The predicted molar refractivity (Wildman–Crippen MR) is 146 cm³/mol. The summed E-state index contributed by atoms with van der Waals surface area (Å²) in [6.07, 6.45) is 0.380. The van der Waals surface area contributed by atoms with Crippen molar-refractivity contribution in [2.75, 3.05) is 13.1 Å². The van der Waals surface area contributed by atoms with Crippen molar-refractivity contribution in [2.24, 2.45) is 5.92 Å². The van der Waals surface area contributed by atoms with Crippen molar-refractivity contribution in [3.63, 3.8) is 0 Å². The fourth-order valence-electron chi connectivity index (χ4n) is 5.79. The summed E-state index contributed by atoms with van der Waals surface area (Å²) in [5.41, 5.74) is 1.12. The molecule has 5 unspecified atom stereocenters. The Bertz CT molecular complexity index is 1120. The number of hydrogen-bond acceptors (Lipinski definition) is 6. The largest absolute Gasteiger partial charge is 0.465 e. The summed E-state index contributed by atoms with van der Waals surface area (Å²) in [5, 5.41) is 26.4. The highest BCUT2D eigenvalue weighted by Crippen LogP contribution is 2.42. The van der Waals surface area contributed by atoms with Crippen LogP contribution < -0.4 is 10.6 Å².